The fourth-order valence-corrected chi connectivity index (χ4v) is 2.80. The number of pyridine rings is 1. The molecular formula is C19H16FN7. The fraction of sp³-hybridized carbons (Fsp3) is 0.158. The van der Waals surface area contributed by atoms with Crippen LogP contribution >= 0.6 is 0 Å². The normalized spacial score (nSPS) is 10.8. The van der Waals surface area contributed by atoms with Gasteiger partial charge in [-0.05, 0) is 6.07 Å². The molecule has 0 saturated heterocycles. The van der Waals surface area contributed by atoms with Crippen LogP contribution in [0.5, 0.6) is 0 Å². The zero-order valence-electron chi connectivity index (χ0n) is 14.4. The van der Waals surface area contributed by atoms with Gasteiger partial charge in [0.15, 0.2) is 5.82 Å². The van der Waals surface area contributed by atoms with Crippen molar-refractivity contribution in [2.75, 3.05) is 5.32 Å². The highest BCUT2D eigenvalue weighted by Crippen LogP contribution is 2.20. The quantitative estimate of drug-likeness (QED) is 0.568. The molecule has 27 heavy (non-hydrogen) atoms. The van der Waals surface area contributed by atoms with Crippen molar-refractivity contribution in [3.8, 4) is 6.07 Å². The van der Waals surface area contributed by atoms with Crippen molar-refractivity contribution in [3.05, 3.63) is 66.4 Å². The highest BCUT2D eigenvalue weighted by atomic mass is 19.1. The average molecular weight is 361 g/mol. The summed E-state index contributed by atoms with van der Waals surface area (Å²) in [6, 6.07) is 12.4. The van der Waals surface area contributed by atoms with Crippen LogP contribution in [0.2, 0.25) is 0 Å². The zero-order valence-corrected chi connectivity index (χ0v) is 14.4. The maximum atomic E-state index is 13.9. The summed E-state index contributed by atoms with van der Waals surface area (Å²) in [4.78, 5) is 4.37. The number of halogens is 1. The number of aryl methyl sites for hydroxylation is 1. The molecule has 0 aliphatic rings. The third-order valence-electron chi connectivity index (χ3n) is 4.15. The Balaban J connectivity index is 1.57. The van der Waals surface area contributed by atoms with Crippen molar-refractivity contribution in [1.29, 1.82) is 5.26 Å². The third-order valence-corrected chi connectivity index (χ3v) is 4.15. The molecule has 0 fully saturated rings. The van der Waals surface area contributed by atoms with E-state index < -0.39 is 0 Å². The number of benzene rings is 1. The second-order valence-corrected chi connectivity index (χ2v) is 6.02. The Hall–Kier alpha value is -3.73. The summed E-state index contributed by atoms with van der Waals surface area (Å²) in [5.74, 6) is 1.000. The monoisotopic (exact) mass is 361 g/mol. The van der Waals surface area contributed by atoms with Crippen LogP contribution in [0.3, 0.4) is 0 Å². The van der Waals surface area contributed by atoms with Crippen molar-refractivity contribution in [2.24, 2.45) is 0 Å². The first-order valence-electron chi connectivity index (χ1n) is 8.45. The van der Waals surface area contributed by atoms with E-state index in [1.165, 1.54) is 6.07 Å². The van der Waals surface area contributed by atoms with Gasteiger partial charge >= 0.3 is 0 Å². The van der Waals surface area contributed by atoms with E-state index in [9.17, 15) is 4.39 Å². The molecule has 0 spiro atoms. The molecule has 4 aromatic rings. The Morgan fingerprint density at radius 1 is 1.15 bits per heavy atom. The minimum atomic E-state index is -0.253. The Kier molecular flexibility index (Phi) is 4.49. The Morgan fingerprint density at radius 3 is 2.89 bits per heavy atom. The van der Waals surface area contributed by atoms with Crippen LogP contribution in [0.15, 0.2) is 55.0 Å². The third kappa shape index (κ3) is 3.62. The van der Waals surface area contributed by atoms with Gasteiger partial charge in [0.25, 0.3) is 0 Å². The largest absolute Gasteiger partial charge is 0.323 e. The summed E-state index contributed by atoms with van der Waals surface area (Å²) in [7, 11) is 0. The summed E-state index contributed by atoms with van der Waals surface area (Å²) < 4.78 is 17.4. The van der Waals surface area contributed by atoms with Crippen LogP contribution < -0.4 is 5.32 Å². The molecule has 3 aromatic heterocycles. The molecule has 7 nitrogen and oxygen atoms in total. The van der Waals surface area contributed by atoms with Gasteiger partial charge in [0, 0.05) is 35.5 Å². The van der Waals surface area contributed by atoms with Crippen LogP contribution in [-0.2, 0) is 13.1 Å². The second-order valence-electron chi connectivity index (χ2n) is 6.02. The van der Waals surface area contributed by atoms with Gasteiger partial charge in [-0.2, -0.15) is 15.5 Å². The number of rotatable bonds is 6. The van der Waals surface area contributed by atoms with Gasteiger partial charge in [0.1, 0.15) is 11.6 Å². The lowest BCUT2D eigenvalue weighted by atomic mass is 10.2. The summed E-state index contributed by atoms with van der Waals surface area (Å²) in [5, 5.41) is 21.4. The minimum absolute atomic E-state index is 0.253. The van der Waals surface area contributed by atoms with Crippen LogP contribution in [0, 0.1) is 17.1 Å². The van der Waals surface area contributed by atoms with E-state index in [1.54, 1.807) is 46.2 Å². The molecule has 8 heteroatoms. The number of hydrogen-bond donors (Lipinski definition) is 1. The molecule has 0 aliphatic carbocycles. The molecule has 0 aliphatic heterocycles. The number of fused-ring (bicyclic) bond motifs is 1. The van der Waals surface area contributed by atoms with Crippen molar-refractivity contribution < 1.29 is 4.39 Å². The molecule has 0 unspecified atom stereocenters. The summed E-state index contributed by atoms with van der Waals surface area (Å²) >= 11 is 0. The van der Waals surface area contributed by atoms with Crippen molar-refractivity contribution in [2.45, 2.75) is 19.5 Å². The van der Waals surface area contributed by atoms with E-state index in [-0.39, 0.29) is 5.82 Å². The molecule has 1 N–H and O–H groups in total. The number of hydrogen-bond acceptors (Lipinski definition) is 5. The van der Waals surface area contributed by atoms with Crippen LogP contribution in [0.4, 0.5) is 16.0 Å². The van der Waals surface area contributed by atoms with Crippen molar-refractivity contribution in [3.63, 3.8) is 0 Å². The zero-order chi connectivity index (χ0) is 18.6. The first-order chi connectivity index (χ1) is 13.2. The molecule has 134 valence electrons. The smallest absolute Gasteiger partial charge is 0.153 e. The predicted molar refractivity (Wildman–Crippen MR) is 98.8 cm³/mol. The maximum absolute atomic E-state index is 13.9. The van der Waals surface area contributed by atoms with Crippen LogP contribution in [0.25, 0.3) is 10.9 Å². The van der Waals surface area contributed by atoms with E-state index in [0.29, 0.717) is 36.7 Å². The number of anilines is 2. The molecule has 0 saturated carbocycles. The molecular weight excluding hydrogens is 345 g/mol. The first-order valence-corrected chi connectivity index (χ1v) is 8.45. The highest BCUT2D eigenvalue weighted by Gasteiger charge is 2.09. The van der Waals surface area contributed by atoms with Gasteiger partial charge < -0.3 is 5.32 Å². The molecule has 0 radical (unpaired) electrons. The van der Waals surface area contributed by atoms with Gasteiger partial charge in [-0.1, -0.05) is 18.2 Å². The van der Waals surface area contributed by atoms with E-state index in [2.05, 4.69) is 26.6 Å². The summed E-state index contributed by atoms with van der Waals surface area (Å²) in [6.45, 7) is 0.877. The predicted octanol–water partition coefficient (Wildman–Crippen LogP) is 3.47. The lowest BCUT2D eigenvalue weighted by Crippen LogP contribution is -2.04. The summed E-state index contributed by atoms with van der Waals surface area (Å²) in [6.07, 6.45) is 5.64. The van der Waals surface area contributed by atoms with Gasteiger partial charge in [0.05, 0.1) is 37.3 Å². The summed E-state index contributed by atoms with van der Waals surface area (Å²) in [5.41, 5.74) is 1.42. The van der Waals surface area contributed by atoms with Gasteiger partial charge in [0.2, 0.25) is 0 Å². The van der Waals surface area contributed by atoms with Crippen LogP contribution in [0.1, 0.15) is 12.0 Å². The Morgan fingerprint density at radius 2 is 2.04 bits per heavy atom. The van der Waals surface area contributed by atoms with E-state index in [4.69, 9.17) is 5.26 Å². The molecule has 0 atom stereocenters. The van der Waals surface area contributed by atoms with Crippen molar-refractivity contribution >= 4 is 22.5 Å². The topological polar surface area (TPSA) is 84.4 Å². The van der Waals surface area contributed by atoms with E-state index in [1.807, 2.05) is 12.1 Å². The molecule has 0 bridgehead atoms. The molecule has 1 aromatic carbocycles. The van der Waals surface area contributed by atoms with Crippen LogP contribution in [-0.4, -0.2) is 24.5 Å². The van der Waals surface area contributed by atoms with Gasteiger partial charge in [-0.3, -0.25) is 9.36 Å². The SMILES string of the molecule is N#CCCn1ccc(Nc2cc3c(cn2)cnn3Cc2ccccc2F)n1. The fourth-order valence-electron chi connectivity index (χ4n) is 2.80. The highest BCUT2D eigenvalue weighted by molar-refractivity contribution is 5.80. The number of aromatic nitrogens is 5. The molecule has 4 rings (SSSR count). The lowest BCUT2D eigenvalue weighted by Gasteiger charge is -2.07. The maximum Gasteiger partial charge on any atom is 0.153 e. The lowest BCUT2D eigenvalue weighted by molar-refractivity contribution is 0.590. The van der Waals surface area contributed by atoms with E-state index in [0.717, 1.165) is 10.9 Å². The average Bonchev–Trinajstić information content (AvgIpc) is 3.29. The van der Waals surface area contributed by atoms with Crippen molar-refractivity contribution in [1.82, 2.24) is 24.5 Å². The number of nitrogens with one attached hydrogen (secondary N) is 1. The molecule has 3 heterocycles. The first kappa shape index (κ1) is 16.7. The Bertz CT molecular complexity index is 1120. The Labute approximate surface area is 154 Å². The second kappa shape index (κ2) is 7.25. The number of nitriles is 1. The minimum Gasteiger partial charge on any atom is -0.323 e. The van der Waals surface area contributed by atoms with Gasteiger partial charge in [-0.25, -0.2) is 9.37 Å². The standard InChI is InChI=1S/C19H16FN7/c20-16-5-2-1-4-14(16)13-27-17-10-19(22-11-15(17)12-23-27)24-18-6-9-26(25-18)8-3-7-21/h1-2,4-6,9-12H,3,8,13H2,(H,22,24,25). The molecule has 0 amide bonds. The van der Waals surface area contributed by atoms with E-state index >= 15 is 0 Å². The van der Waals surface area contributed by atoms with Gasteiger partial charge in [-0.15, -0.1) is 0 Å². The number of nitrogens with zero attached hydrogens (tertiary/aromatic N) is 6.